The van der Waals surface area contributed by atoms with Crippen molar-refractivity contribution in [1.29, 1.82) is 5.26 Å². The second kappa shape index (κ2) is 12.3. The molecule has 10 nitrogen and oxygen atoms in total. The molecule has 0 radical (unpaired) electrons. The van der Waals surface area contributed by atoms with Crippen molar-refractivity contribution >= 4 is 56.0 Å². The molecule has 0 saturated heterocycles. The van der Waals surface area contributed by atoms with Gasteiger partial charge < -0.3 is 25.0 Å². The molecule has 11 heteroatoms. The molecule has 0 spiro atoms. The molecular weight excluding hydrogens is 602 g/mol. The number of amides is 3. The normalized spacial score (nSPS) is 15.5. The summed E-state index contributed by atoms with van der Waals surface area (Å²) in [5, 5.41) is 17.4. The van der Waals surface area contributed by atoms with E-state index in [1.807, 2.05) is 30.3 Å². The Hall–Kier alpha value is -4.30. The van der Waals surface area contributed by atoms with Crippen molar-refractivity contribution in [3.8, 4) is 11.8 Å². The van der Waals surface area contributed by atoms with Crippen LogP contribution in [0.25, 0.3) is 10.8 Å². The quantitative estimate of drug-likeness (QED) is 0.382. The van der Waals surface area contributed by atoms with Gasteiger partial charge in [-0.3, -0.25) is 14.5 Å². The highest BCUT2D eigenvalue weighted by molar-refractivity contribution is 9.10. The van der Waals surface area contributed by atoms with E-state index < -0.39 is 29.7 Å². The van der Waals surface area contributed by atoms with E-state index >= 15 is 0 Å². The van der Waals surface area contributed by atoms with Gasteiger partial charge in [0.15, 0.2) is 0 Å². The summed E-state index contributed by atoms with van der Waals surface area (Å²) in [7, 11) is 3.05. The SMILES string of the molecule is COc1ccc2cc(Br)ccc2c1CN1C(=O)C(NC(=O)C(C)N(C)C(=O)OC(C)(C)C)CNc2cc(C#N)ccc21. The molecule has 1 aliphatic rings. The number of carbonyl (C=O) groups excluding carboxylic acids is 3. The minimum atomic E-state index is -0.972. The summed E-state index contributed by atoms with van der Waals surface area (Å²) in [6, 6.07) is 15.0. The minimum absolute atomic E-state index is 0.0748. The summed E-state index contributed by atoms with van der Waals surface area (Å²) < 4.78 is 12.0. The number of rotatable bonds is 6. The topological polar surface area (TPSA) is 124 Å². The van der Waals surface area contributed by atoms with E-state index in [4.69, 9.17) is 9.47 Å². The zero-order valence-electron chi connectivity index (χ0n) is 24.4. The minimum Gasteiger partial charge on any atom is -0.496 e. The van der Waals surface area contributed by atoms with Gasteiger partial charge in [-0.2, -0.15) is 5.26 Å². The van der Waals surface area contributed by atoms with Crippen molar-refractivity contribution < 1.29 is 23.9 Å². The summed E-state index contributed by atoms with van der Waals surface area (Å²) >= 11 is 3.52. The number of fused-ring (bicyclic) bond motifs is 2. The number of benzene rings is 3. The largest absolute Gasteiger partial charge is 0.496 e. The second-order valence-corrected chi connectivity index (χ2v) is 12.0. The smallest absolute Gasteiger partial charge is 0.410 e. The number of anilines is 2. The van der Waals surface area contributed by atoms with Crippen LogP contribution < -0.4 is 20.3 Å². The first-order valence-corrected chi connectivity index (χ1v) is 14.2. The lowest BCUT2D eigenvalue weighted by Crippen LogP contribution is -2.55. The number of ether oxygens (including phenoxy) is 2. The van der Waals surface area contributed by atoms with Crippen LogP contribution in [0.1, 0.15) is 38.8 Å². The molecule has 220 valence electrons. The van der Waals surface area contributed by atoms with E-state index in [2.05, 4.69) is 32.6 Å². The van der Waals surface area contributed by atoms with Crippen molar-refractivity contribution in [2.45, 2.75) is 51.9 Å². The van der Waals surface area contributed by atoms with Gasteiger partial charge in [-0.1, -0.05) is 28.1 Å². The maximum atomic E-state index is 14.2. The molecule has 0 saturated carbocycles. The first kappa shape index (κ1) is 30.7. The Morgan fingerprint density at radius 3 is 2.62 bits per heavy atom. The van der Waals surface area contributed by atoms with Crippen LogP contribution in [0.15, 0.2) is 53.0 Å². The molecule has 1 aliphatic heterocycles. The highest BCUT2D eigenvalue weighted by Crippen LogP contribution is 2.36. The summed E-state index contributed by atoms with van der Waals surface area (Å²) in [5.41, 5.74) is 1.63. The Morgan fingerprint density at radius 2 is 1.95 bits per heavy atom. The van der Waals surface area contributed by atoms with Gasteiger partial charge in [-0.05, 0) is 74.9 Å². The first-order valence-electron chi connectivity index (χ1n) is 13.4. The van der Waals surface area contributed by atoms with Crippen LogP contribution in [0, 0.1) is 11.3 Å². The Balaban J connectivity index is 1.69. The molecule has 42 heavy (non-hydrogen) atoms. The van der Waals surface area contributed by atoms with Crippen molar-refractivity contribution in [2.75, 3.05) is 30.9 Å². The highest BCUT2D eigenvalue weighted by atomic mass is 79.9. The van der Waals surface area contributed by atoms with E-state index in [9.17, 15) is 19.6 Å². The second-order valence-electron chi connectivity index (χ2n) is 11.1. The number of hydrogen-bond acceptors (Lipinski definition) is 7. The summed E-state index contributed by atoms with van der Waals surface area (Å²) in [5.74, 6) is -0.263. The van der Waals surface area contributed by atoms with Gasteiger partial charge in [-0.15, -0.1) is 0 Å². The van der Waals surface area contributed by atoms with Crippen LogP contribution in [-0.2, 0) is 20.9 Å². The maximum Gasteiger partial charge on any atom is 0.410 e. The van der Waals surface area contributed by atoms with Gasteiger partial charge in [-0.25, -0.2) is 4.79 Å². The average molecular weight is 637 g/mol. The summed E-state index contributed by atoms with van der Waals surface area (Å²) in [6.45, 7) is 7.01. The van der Waals surface area contributed by atoms with Crippen LogP contribution >= 0.6 is 15.9 Å². The lowest BCUT2D eigenvalue weighted by atomic mass is 10.0. The molecule has 2 unspecified atom stereocenters. The van der Waals surface area contributed by atoms with Crippen LogP contribution in [0.2, 0.25) is 0 Å². The zero-order valence-corrected chi connectivity index (χ0v) is 26.0. The van der Waals surface area contributed by atoms with Gasteiger partial charge in [0.05, 0.1) is 36.7 Å². The predicted octanol–water partition coefficient (Wildman–Crippen LogP) is 5.18. The Labute approximate surface area is 253 Å². The molecular formula is C31H34BrN5O5. The third-order valence-corrected chi connectivity index (χ3v) is 7.52. The van der Waals surface area contributed by atoms with Crippen LogP contribution in [0.3, 0.4) is 0 Å². The van der Waals surface area contributed by atoms with Crippen molar-refractivity contribution in [3.63, 3.8) is 0 Å². The van der Waals surface area contributed by atoms with Crippen LogP contribution in [-0.4, -0.2) is 61.2 Å². The molecule has 3 aromatic rings. The number of methoxy groups -OCH3 is 1. The number of nitrogens with one attached hydrogen (secondary N) is 2. The highest BCUT2D eigenvalue weighted by Gasteiger charge is 2.35. The van der Waals surface area contributed by atoms with Gasteiger partial charge in [0.1, 0.15) is 23.4 Å². The Bertz CT molecular complexity index is 1580. The third-order valence-electron chi connectivity index (χ3n) is 7.02. The number of carbonyl (C=O) groups is 3. The number of hydrogen-bond donors (Lipinski definition) is 2. The lowest BCUT2D eigenvalue weighted by molar-refractivity contribution is -0.130. The van der Waals surface area contributed by atoms with Gasteiger partial charge in [0.2, 0.25) is 5.91 Å². The molecule has 0 aromatic heterocycles. The monoisotopic (exact) mass is 635 g/mol. The first-order chi connectivity index (χ1) is 19.8. The van der Waals surface area contributed by atoms with Crippen molar-refractivity contribution in [3.05, 3.63) is 64.1 Å². The molecule has 3 aromatic carbocycles. The van der Waals surface area contributed by atoms with E-state index in [1.54, 1.807) is 57.9 Å². The summed E-state index contributed by atoms with van der Waals surface area (Å²) in [6.07, 6.45) is -0.650. The number of halogens is 1. The van der Waals surface area contributed by atoms with E-state index in [1.165, 1.54) is 11.9 Å². The van der Waals surface area contributed by atoms with Gasteiger partial charge in [0, 0.05) is 23.6 Å². The van der Waals surface area contributed by atoms with Gasteiger partial charge >= 0.3 is 6.09 Å². The fourth-order valence-electron chi connectivity index (χ4n) is 4.68. The average Bonchev–Trinajstić information content (AvgIpc) is 3.07. The van der Waals surface area contributed by atoms with Crippen molar-refractivity contribution in [1.82, 2.24) is 10.2 Å². The molecule has 2 atom stereocenters. The van der Waals surface area contributed by atoms with E-state index in [0.29, 0.717) is 22.7 Å². The fraction of sp³-hybridized carbons (Fsp3) is 0.355. The van der Waals surface area contributed by atoms with E-state index in [0.717, 1.165) is 20.8 Å². The fourth-order valence-corrected chi connectivity index (χ4v) is 5.06. The molecule has 0 fully saturated rings. The van der Waals surface area contributed by atoms with Crippen molar-refractivity contribution in [2.24, 2.45) is 0 Å². The molecule has 1 heterocycles. The predicted molar refractivity (Wildman–Crippen MR) is 164 cm³/mol. The summed E-state index contributed by atoms with van der Waals surface area (Å²) in [4.78, 5) is 42.8. The molecule has 3 amide bonds. The van der Waals surface area contributed by atoms with Gasteiger partial charge in [0.25, 0.3) is 5.91 Å². The van der Waals surface area contributed by atoms with Crippen LogP contribution in [0.5, 0.6) is 5.75 Å². The Morgan fingerprint density at radius 1 is 1.21 bits per heavy atom. The maximum absolute atomic E-state index is 14.2. The third kappa shape index (κ3) is 6.60. The number of likely N-dealkylation sites (N-methyl/N-ethyl adjacent to an activating group) is 1. The Kier molecular flexibility index (Phi) is 8.97. The number of nitrogens with zero attached hydrogens (tertiary/aromatic N) is 3. The van der Waals surface area contributed by atoms with Crippen LogP contribution in [0.4, 0.5) is 16.2 Å². The zero-order chi connectivity index (χ0) is 30.8. The van der Waals surface area contributed by atoms with E-state index in [-0.39, 0.29) is 19.0 Å². The molecule has 0 bridgehead atoms. The molecule has 2 N–H and O–H groups in total. The molecule has 4 rings (SSSR count). The molecule has 0 aliphatic carbocycles. The lowest BCUT2D eigenvalue weighted by Gasteiger charge is -2.30. The standard InChI is InChI=1S/C31H34BrN5O5/c1-18(36(5)30(40)42-31(2,3)4)28(38)35-25-16-34-24-13-19(15-33)7-11-26(24)37(29(25)39)17-23-22-10-9-21(32)14-20(22)8-12-27(23)41-6/h7-14,18,25,34H,16-17H2,1-6H3,(H,35,38). The number of nitriles is 1.